The Morgan fingerprint density at radius 2 is 1.51 bits per heavy atom. The van der Waals surface area contributed by atoms with E-state index in [0.29, 0.717) is 35.0 Å². The van der Waals surface area contributed by atoms with Crippen LogP contribution in [0.3, 0.4) is 0 Å². The Morgan fingerprint density at radius 1 is 0.821 bits per heavy atom. The Morgan fingerprint density at radius 3 is 2.18 bits per heavy atom. The van der Waals surface area contributed by atoms with Crippen LogP contribution in [0.2, 0.25) is 0 Å². The molecule has 3 aromatic rings. The van der Waals surface area contributed by atoms with Crippen LogP contribution in [-0.2, 0) is 29.0 Å². The van der Waals surface area contributed by atoms with Gasteiger partial charge in [0.1, 0.15) is 17.5 Å². The zero-order chi connectivity index (χ0) is 28.2. The summed E-state index contributed by atoms with van der Waals surface area (Å²) in [6.45, 7) is 0.238. The quantitative estimate of drug-likeness (QED) is 0.240. The van der Waals surface area contributed by atoms with Gasteiger partial charge in [-0.3, -0.25) is 14.9 Å². The number of carbonyl (C=O) groups excluding carboxylic acids is 2. The lowest BCUT2D eigenvalue weighted by Gasteiger charge is -2.16. The van der Waals surface area contributed by atoms with E-state index in [1.807, 2.05) is 36.4 Å². The Kier molecular flexibility index (Phi) is 10.6. The number of nitrogens with two attached hydrogens (primary N) is 1. The van der Waals surface area contributed by atoms with Crippen LogP contribution in [0, 0.1) is 0 Å². The molecule has 206 valence electrons. The van der Waals surface area contributed by atoms with Crippen LogP contribution in [0.5, 0.6) is 23.0 Å². The second kappa shape index (κ2) is 14.3. The lowest BCUT2D eigenvalue weighted by Crippen LogP contribution is -2.42. The first kappa shape index (κ1) is 28.8. The first-order chi connectivity index (χ1) is 18.9. The molecule has 0 aliphatic heterocycles. The molecule has 0 saturated carbocycles. The Labute approximate surface area is 228 Å². The number of ether oxygens (including phenoxy) is 4. The molecule has 0 unspecified atom stereocenters. The van der Waals surface area contributed by atoms with Crippen molar-refractivity contribution in [3.8, 4) is 23.0 Å². The van der Waals surface area contributed by atoms with E-state index in [-0.39, 0.29) is 24.8 Å². The summed E-state index contributed by atoms with van der Waals surface area (Å²) in [7, 11) is 6.17. The molecule has 0 aromatic heterocycles. The maximum absolute atomic E-state index is 13.2. The molecule has 4 N–H and O–H groups in total. The van der Waals surface area contributed by atoms with Gasteiger partial charge in [-0.05, 0) is 41.5 Å². The van der Waals surface area contributed by atoms with Crippen LogP contribution >= 0.6 is 0 Å². The van der Waals surface area contributed by atoms with Gasteiger partial charge >= 0.3 is 0 Å². The number of methoxy groups -OCH3 is 4. The lowest BCUT2D eigenvalue weighted by molar-refractivity contribution is -0.122. The number of nitrogens with one attached hydrogen (secondary N) is 2. The molecule has 2 amide bonds. The number of hydrogen-bond acceptors (Lipinski definition) is 7. The SMILES string of the molecule is COc1ccc(OC)c(CC(=O)NC(N)=N[C@H](Cc2ccccc2)C(=O)NCc2ccc(OC)c(OC)c2)c1. The maximum atomic E-state index is 13.2. The fourth-order valence-electron chi connectivity index (χ4n) is 3.91. The van der Waals surface area contributed by atoms with Gasteiger partial charge in [-0.1, -0.05) is 36.4 Å². The van der Waals surface area contributed by atoms with E-state index >= 15 is 0 Å². The van der Waals surface area contributed by atoms with Gasteiger partial charge in [-0.2, -0.15) is 0 Å². The van der Waals surface area contributed by atoms with Gasteiger partial charge in [0, 0.05) is 18.5 Å². The van der Waals surface area contributed by atoms with Gasteiger partial charge in [0.25, 0.3) is 0 Å². The molecule has 0 heterocycles. The number of benzene rings is 3. The van der Waals surface area contributed by atoms with Crippen LogP contribution in [0.1, 0.15) is 16.7 Å². The second-order valence-corrected chi connectivity index (χ2v) is 8.53. The summed E-state index contributed by atoms with van der Waals surface area (Å²) in [5.41, 5.74) is 8.41. The molecule has 3 rings (SSSR count). The predicted octanol–water partition coefficient (Wildman–Crippen LogP) is 2.62. The third-order valence-corrected chi connectivity index (χ3v) is 5.89. The van der Waals surface area contributed by atoms with E-state index < -0.39 is 11.9 Å². The van der Waals surface area contributed by atoms with Crippen molar-refractivity contribution in [2.75, 3.05) is 28.4 Å². The Balaban J connectivity index is 1.73. The van der Waals surface area contributed by atoms with E-state index in [2.05, 4.69) is 15.6 Å². The summed E-state index contributed by atoms with van der Waals surface area (Å²) < 4.78 is 21.2. The topological polar surface area (TPSA) is 134 Å². The second-order valence-electron chi connectivity index (χ2n) is 8.53. The van der Waals surface area contributed by atoms with Crippen molar-refractivity contribution in [2.24, 2.45) is 10.7 Å². The largest absolute Gasteiger partial charge is 0.497 e. The van der Waals surface area contributed by atoms with Crippen LogP contribution in [-0.4, -0.2) is 52.3 Å². The van der Waals surface area contributed by atoms with Crippen LogP contribution in [0.4, 0.5) is 0 Å². The van der Waals surface area contributed by atoms with Crippen LogP contribution in [0.25, 0.3) is 0 Å². The van der Waals surface area contributed by atoms with Crippen molar-refractivity contribution >= 4 is 17.8 Å². The fourth-order valence-corrected chi connectivity index (χ4v) is 3.91. The molecule has 0 spiro atoms. The molecule has 0 bridgehead atoms. The smallest absolute Gasteiger partial charge is 0.245 e. The first-order valence-corrected chi connectivity index (χ1v) is 12.2. The summed E-state index contributed by atoms with van der Waals surface area (Å²) in [4.78, 5) is 30.3. The Bertz CT molecular complexity index is 1300. The molecule has 10 nitrogen and oxygen atoms in total. The molecule has 1 atom stereocenters. The molecule has 39 heavy (non-hydrogen) atoms. The average molecular weight is 535 g/mol. The van der Waals surface area contributed by atoms with E-state index in [4.69, 9.17) is 24.7 Å². The normalized spacial score (nSPS) is 11.7. The number of aliphatic imine (C=N–C) groups is 1. The number of amides is 2. The van der Waals surface area contributed by atoms with Crippen molar-refractivity contribution in [3.63, 3.8) is 0 Å². The highest BCUT2D eigenvalue weighted by atomic mass is 16.5. The molecule has 0 aliphatic rings. The molecule has 3 aromatic carbocycles. The summed E-state index contributed by atoms with van der Waals surface area (Å²) in [5.74, 6) is 1.36. The highest BCUT2D eigenvalue weighted by Crippen LogP contribution is 2.27. The molecular weight excluding hydrogens is 500 g/mol. The summed E-state index contributed by atoms with van der Waals surface area (Å²) in [6, 6.07) is 19.1. The first-order valence-electron chi connectivity index (χ1n) is 12.2. The van der Waals surface area contributed by atoms with Crippen molar-refractivity contribution in [1.29, 1.82) is 0 Å². The van der Waals surface area contributed by atoms with E-state index in [1.54, 1.807) is 51.7 Å². The molecule has 0 fully saturated rings. The van der Waals surface area contributed by atoms with Crippen molar-refractivity contribution in [2.45, 2.75) is 25.4 Å². The summed E-state index contributed by atoms with van der Waals surface area (Å²) >= 11 is 0. The van der Waals surface area contributed by atoms with Gasteiger partial charge in [0.05, 0.1) is 34.9 Å². The number of guanidine groups is 1. The third kappa shape index (κ3) is 8.39. The van der Waals surface area contributed by atoms with E-state index in [1.165, 1.54) is 7.11 Å². The average Bonchev–Trinajstić information content (AvgIpc) is 2.95. The highest BCUT2D eigenvalue weighted by Gasteiger charge is 2.20. The number of carbonyl (C=O) groups is 2. The van der Waals surface area contributed by atoms with Gasteiger partial charge in [0.15, 0.2) is 17.5 Å². The zero-order valence-electron chi connectivity index (χ0n) is 22.5. The van der Waals surface area contributed by atoms with Gasteiger partial charge in [0.2, 0.25) is 11.8 Å². The van der Waals surface area contributed by atoms with E-state index in [0.717, 1.165) is 11.1 Å². The number of rotatable bonds is 12. The van der Waals surface area contributed by atoms with Crippen molar-refractivity contribution in [3.05, 3.63) is 83.4 Å². The number of hydrogen-bond donors (Lipinski definition) is 3. The molecular formula is C29H34N4O6. The third-order valence-electron chi connectivity index (χ3n) is 5.89. The number of nitrogens with zero attached hydrogens (tertiary/aromatic N) is 1. The molecule has 0 saturated heterocycles. The fraction of sp³-hybridized carbons (Fsp3) is 0.276. The molecule has 0 radical (unpaired) electrons. The van der Waals surface area contributed by atoms with Crippen molar-refractivity contribution < 1.29 is 28.5 Å². The summed E-state index contributed by atoms with van der Waals surface area (Å²) in [5, 5.41) is 5.47. The molecule has 10 heteroatoms. The van der Waals surface area contributed by atoms with Gasteiger partial charge < -0.3 is 30.0 Å². The minimum atomic E-state index is -0.876. The maximum Gasteiger partial charge on any atom is 0.245 e. The van der Waals surface area contributed by atoms with Crippen LogP contribution < -0.4 is 35.3 Å². The highest BCUT2D eigenvalue weighted by molar-refractivity contribution is 5.98. The molecule has 0 aliphatic carbocycles. The minimum Gasteiger partial charge on any atom is -0.497 e. The minimum absolute atomic E-state index is 0.0224. The lowest BCUT2D eigenvalue weighted by atomic mass is 10.1. The van der Waals surface area contributed by atoms with Gasteiger partial charge in [-0.15, -0.1) is 0 Å². The standard InChI is InChI=1S/C29H34N4O6/c1-36-22-11-13-24(37-2)21(16-22)17-27(34)33-29(30)32-23(14-19-8-6-5-7-9-19)28(35)31-18-20-10-12-25(38-3)26(15-20)39-4/h5-13,15-16,23H,14,17-18H2,1-4H3,(H,31,35)(H3,30,32,33,34)/t23-/m1/s1. The predicted molar refractivity (Wildman–Crippen MR) is 148 cm³/mol. The van der Waals surface area contributed by atoms with E-state index in [9.17, 15) is 9.59 Å². The monoisotopic (exact) mass is 534 g/mol. The zero-order valence-corrected chi connectivity index (χ0v) is 22.5. The Hall–Kier alpha value is -4.73. The van der Waals surface area contributed by atoms with Crippen molar-refractivity contribution in [1.82, 2.24) is 10.6 Å². The van der Waals surface area contributed by atoms with Gasteiger partial charge in [-0.25, -0.2) is 4.99 Å². The summed E-state index contributed by atoms with van der Waals surface area (Å²) in [6.07, 6.45) is 0.268. The van der Waals surface area contributed by atoms with Crippen LogP contribution in [0.15, 0.2) is 71.7 Å².